The molecule has 2 aromatic rings. The van der Waals surface area contributed by atoms with Crippen molar-refractivity contribution in [2.75, 3.05) is 37.9 Å². The molecule has 4 aliphatic rings. The van der Waals surface area contributed by atoms with Crippen LogP contribution in [0.25, 0.3) is 0 Å². The Morgan fingerprint density at radius 2 is 1.97 bits per heavy atom. The highest BCUT2D eigenvalue weighted by Crippen LogP contribution is 2.42. The Labute approximate surface area is 215 Å². The van der Waals surface area contributed by atoms with Crippen LogP contribution >= 0.6 is 0 Å². The summed E-state index contributed by atoms with van der Waals surface area (Å²) in [4.78, 5) is 14.3. The number of esters is 1. The number of cyclic esters (lactones) is 1. The number of carbonyl (C=O) groups is 1. The van der Waals surface area contributed by atoms with E-state index in [2.05, 4.69) is 20.8 Å². The largest absolute Gasteiger partial charge is 0.457 e. The normalized spacial score (nSPS) is 24.6. The fourth-order valence-electron chi connectivity index (χ4n) is 6.14. The Hall–Kier alpha value is -3.06. The van der Waals surface area contributed by atoms with Crippen LogP contribution < -0.4 is 10.5 Å². The topological polar surface area (TPSA) is 127 Å². The molecule has 2 saturated heterocycles. The summed E-state index contributed by atoms with van der Waals surface area (Å²) < 4.78 is 34.2. The molecular formula is C25H30N6O5S. The fraction of sp³-hybridized carbons (Fsp3) is 0.480. The van der Waals surface area contributed by atoms with Gasteiger partial charge in [0.15, 0.2) is 6.67 Å². The summed E-state index contributed by atoms with van der Waals surface area (Å²) in [7, 11) is -3.68. The number of fused-ring (bicyclic) bond motifs is 1. The number of hydrazine groups is 1. The van der Waals surface area contributed by atoms with Gasteiger partial charge in [-0.25, -0.2) is 18.2 Å². The van der Waals surface area contributed by atoms with E-state index in [0.717, 1.165) is 41.6 Å². The summed E-state index contributed by atoms with van der Waals surface area (Å²) in [6.07, 6.45) is 1.60. The number of aliphatic hydroxyl groups is 1. The maximum absolute atomic E-state index is 13.7. The van der Waals surface area contributed by atoms with Gasteiger partial charge >= 0.3 is 5.97 Å². The zero-order valence-electron chi connectivity index (χ0n) is 20.6. The number of benzene rings is 2. The molecule has 6 rings (SSSR count). The molecule has 0 amide bonds. The minimum absolute atomic E-state index is 0.237. The average Bonchev–Trinajstić information content (AvgIpc) is 3.69. The second kappa shape index (κ2) is 9.05. The summed E-state index contributed by atoms with van der Waals surface area (Å²) in [5.74, 6) is -0.323. The quantitative estimate of drug-likeness (QED) is 0.549. The molecule has 12 heteroatoms. The van der Waals surface area contributed by atoms with Crippen molar-refractivity contribution in [3.63, 3.8) is 0 Å². The number of aliphatic hydroxyl groups excluding tert-OH is 1. The molecular weight excluding hydrogens is 496 g/mol. The molecule has 4 aliphatic heterocycles. The zero-order valence-corrected chi connectivity index (χ0v) is 21.4. The summed E-state index contributed by atoms with van der Waals surface area (Å²) in [5, 5.41) is 20.4. The Kier molecular flexibility index (Phi) is 5.94. The van der Waals surface area contributed by atoms with Crippen molar-refractivity contribution in [2.24, 2.45) is 10.3 Å². The van der Waals surface area contributed by atoms with Gasteiger partial charge in [-0.1, -0.05) is 11.3 Å². The van der Waals surface area contributed by atoms with E-state index in [1.165, 1.54) is 0 Å². The second-order valence-corrected chi connectivity index (χ2v) is 12.1. The van der Waals surface area contributed by atoms with E-state index in [0.29, 0.717) is 38.4 Å². The number of sulfonamides is 1. The maximum Gasteiger partial charge on any atom is 0.338 e. The van der Waals surface area contributed by atoms with Gasteiger partial charge in [-0.3, -0.25) is 4.90 Å². The van der Waals surface area contributed by atoms with Gasteiger partial charge < -0.3 is 9.84 Å². The van der Waals surface area contributed by atoms with Crippen LogP contribution in [0.3, 0.4) is 0 Å². The van der Waals surface area contributed by atoms with E-state index < -0.39 is 21.7 Å². The molecule has 196 valence electrons. The van der Waals surface area contributed by atoms with E-state index >= 15 is 0 Å². The van der Waals surface area contributed by atoms with E-state index in [9.17, 15) is 18.3 Å². The van der Waals surface area contributed by atoms with Crippen LogP contribution in [0.4, 0.5) is 5.69 Å². The number of β-amino-alcohol motifs (C(OH)–C–C–N with tert-alkyl or cyclic N) is 1. The Morgan fingerprint density at radius 3 is 2.73 bits per heavy atom. The van der Waals surface area contributed by atoms with E-state index in [-0.39, 0.29) is 17.5 Å². The van der Waals surface area contributed by atoms with E-state index in [4.69, 9.17) is 4.74 Å². The first-order valence-electron chi connectivity index (χ1n) is 12.5. The number of hydrogen-bond donors (Lipinski definition) is 2. The Balaban J connectivity index is 1.17. The molecule has 2 aromatic carbocycles. The Bertz CT molecular complexity index is 1360. The second-order valence-electron chi connectivity index (χ2n) is 10.2. The van der Waals surface area contributed by atoms with Gasteiger partial charge in [0, 0.05) is 31.7 Å². The van der Waals surface area contributed by atoms with Crippen molar-refractivity contribution in [3.8, 4) is 0 Å². The van der Waals surface area contributed by atoms with Gasteiger partial charge in [0.1, 0.15) is 6.61 Å². The lowest BCUT2D eigenvalue weighted by Crippen LogP contribution is -2.49. The SMILES string of the molecule is Cc1c([C@@H](O)CN2CCC3(CCCN3S(=O)(=O)c3ccc(N4CN=NN4)cc3)C2)ccc2c1COC2=O. The van der Waals surface area contributed by atoms with Crippen molar-refractivity contribution >= 4 is 21.7 Å². The summed E-state index contributed by atoms with van der Waals surface area (Å²) in [6.45, 7) is 4.70. The molecule has 2 fully saturated rings. The molecule has 1 unspecified atom stereocenters. The number of anilines is 1. The molecule has 0 radical (unpaired) electrons. The van der Waals surface area contributed by atoms with Crippen LogP contribution in [0.5, 0.6) is 0 Å². The van der Waals surface area contributed by atoms with E-state index in [1.54, 1.807) is 45.7 Å². The maximum atomic E-state index is 13.7. The predicted molar refractivity (Wildman–Crippen MR) is 134 cm³/mol. The summed E-state index contributed by atoms with van der Waals surface area (Å²) in [5.41, 5.74) is 6.14. The lowest BCUT2D eigenvalue weighted by Gasteiger charge is -2.34. The molecule has 37 heavy (non-hydrogen) atoms. The number of likely N-dealkylation sites (tertiary alicyclic amines) is 1. The number of rotatable bonds is 6. The Morgan fingerprint density at radius 1 is 1.16 bits per heavy atom. The smallest absolute Gasteiger partial charge is 0.338 e. The van der Waals surface area contributed by atoms with Crippen LogP contribution in [-0.2, 0) is 21.4 Å². The van der Waals surface area contributed by atoms with Gasteiger partial charge in [-0.2, -0.15) is 9.84 Å². The molecule has 4 heterocycles. The molecule has 0 aliphatic carbocycles. The highest BCUT2D eigenvalue weighted by Gasteiger charge is 2.51. The number of ether oxygens (including phenoxy) is 1. The lowest BCUT2D eigenvalue weighted by molar-refractivity contribution is 0.0535. The molecule has 2 atom stereocenters. The number of nitrogens with one attached hydrogen (secondary N) is 1. The van der Waals surface area contributed by atoms with Gasteiger partial charge in [-0.15, -0.1) is 5.11 Å². The van der Waals surface area contributed by atoms with Gasteiger partial charge in [-0.05, 0) is 67.6 Å². The molecule has 0 aromatic heterocycles. The van der Waals surface area contributed by atoms with Crippen molar-refractivity contribution in [3.05, 3.63) is 58.7 Å². The van der Waals surface area contributed by atoms with Crippen molar-refractivity contribution < 1.29 is 23.1 Å². The highest BCUT2D eigenvalue weighted by atomic mass is 32.2. The minimum atomic E-state index is -3.68. The standard InChI is InChI=1S/C25H30N6O5S/c1-17-20(7-8-21-22(17)14-36-24(21)33)23(32)13-29-12-10-25(15-29)9-2-11-31(25)37(34,35)19-5-3-18(4-6-19)30-16-26-27-28-30/h3-8,23,32H,2,9-16H2,1H3,(H,26,28)/t23-,25?/m0/s1. The van der Waals surface area contributed by atoms with Crippen molar-refractivity contribution in [1.82, 2.24) is 14.7 Å². The summed E-state index contributed by atoms with van der Waals surface area (Å²) >= 11 is 0. The van der Waals surface area contributed by atoms with Gasteiger partial charge in [0.2, 0.25) is 10.0 Å². The van der Waals surface area contributed by atoms with Crippen molar-refractivity contribution in [1.29, 1.82) is 0 Å². The van der Waals surface area contributed by atoms with E-state index in [1.807, 2.05) is 6.92 Å². The monoisotopic (exact) mass is 526 g/mol. The fourth-order valence-corrected chi connectivity index (χ4v) is 8.00. The highest BCUT2D eigenvalue weighted by molar-refractivity contribution is 7.89. The third-order valence-electron chi connectivity index (χ3n) is 8.12. The molecule has 1 spiro atoms. The first kappa shape index (κ1) is 24.3. The summed E-state index contributed by atoms with van der Waals surface area (Å²) in [6, 6.07) is 10.3. The third-order valence-corrected chi connectivity index (χ3v) is 10.1. The number of hydrogen-bond acceptors (Lipinski definition) is 10. The van der Waals surface area contributed by atoms with Crippen molar-refractivity contribution in [2.45, 2.75) is 49.3 Å². The number of nitrogens with zero attached hydrogens (tertiary/aromatic N) is 5. The zero-order chi connectivity index (χ0) is 25.8. The number of carbonyl (C=O) groups excluding carboxylic acids is 1. The average molecular weight is 527 g/mol. The third kappa shape index (κ3) is 4.08. The van der Waals surface area contributed by atoms with Gasteiger partial charge in [0.05, 0.1) is 27.8 Å². The lowest BCUT2D eigenvalue weighted by atomic mass is 9.95. The molecule has 0 bridgehead atoms. The van der Waals surface area contributed by atoms with Crippen LogP contribution in [0.1, 0.15) is 52.4 Å². The molecule has 2 N–H and O–H groups in total. The van der Waals surface area contributed by atoms with Crippen LogP contribution in [0, 0.1) is 6.92 Å². The predicted octanol–water partition coefficient (Wildman–Crippen LogP) is 2.28. The van der Waals surface area contributed by atoms with Crippen LogP contribution in [0.15, 0.2) is 51.6 Å². The van der Waals surface area contributed by atoms with Gasteiger partial charge in [0.25, 0.3) is 0 Å². The minimum Gasteiger partial charge on any atom is -0.457 e. The first-order chi connectivity index (χ1) is 17.8. The first-order valence-corrected chi connectivity index (χ1v) is 14.0. The van der Waals surface area contributed by atoms with Crippen LogP contribution in [-0.4, -0.2) is 67.1 Å². The van der Waals surface area contributed by atoms with Crippen LogP contribution in [0.2, 0.25) is 0 Å². The molecule has 11 nitrogen and oxygen atoms in total. The molecule has 0 saturated carbocycles.